The largest absolute Gasteiger partial charge is 0.495 e. The predicted molar refractivity (Wildman–Crippen MR) is 132 cm³/mol. The number of aliphatic hydroxyl groups excluding tert-OH is 1. The maximum absolute atomic E-state index is 9.82. The van der Waals surface area contributed by atoms with Crippen molar-refractivity contribution in [1.29, 1.82) is 0 Å². The van der Waals surface area contributed by atoms with E-state index in [4.69, 9.17) is 42.4 Å². The van der Waals surface area contributed by atoms with E-state index in [1.54, 1.807) is 12.3 Å². The van der Waals surface area contributed by atoms with Crippen molar-refractivity contribution in [2.45, 2.75) is 25.2 Å². The first-order chi connectivity index (χ1) is 16.4. The molecule has 3 N–H and O–H groups in total. The van der Waals surface area contributed by atoms with Gasteiger partial charge in [0.05, 0.1) is 66.5 Å². The molecule has 3 aromatic rings. The van der Waals surface area contributed by atoms with Crippen LogP contribution in [0.5, 0.6) is 11.5 Å². The number of anilines is 1. The first-order valence-corrected chi connectivity index (χ1v) is 11.3. The standard InChI is InChI=1S/C23H25Cl2N5O4/c1-5-18(31)28-14-9-34-10-15(14)29-23-26-8-12-6-13(27-11(2)22(12)30-23)19-20(24)16(32-3)7-17(33-4)21(19)25/h5-8,14-15,18,28,31H,1,9-10H2,2-4H3,(H,26,29,30)/t14-,15+,18?/m0/s1. The minimum atomic E-state index is -0.827. The molecule has 0 aliphatic carbocycles. The molecule has 1 saturated heterocycles. The fraction of sp³-hybridized carbons (Fsp3) is 0.348. The molecule has 1 aliphatic rings. The fourth-order valence-corrected chi connectivity index (χ4v) is 4.52. The van der Waals surface area contributed by atoms with Crippen molar-refractivity contribution in [1.82, 2.24) is 20.3 Å². The summed E-state index contributed by atoms with van der Waals surface area (Å²) in [6.45, 7) is 6.33. The summed E-state index contributed by atoms with van der Waals surface area (Å²) in [5, 5.41) is 17.6. The van der Waals surface area contributed by atoms with Crippen molar-refractivity contribution in [3.8, 4) is 22.8 Å². The van der Waals surface area contributed by atoms with Gasteiger partial charge in [0.25, 0.3) is 0 Å². The molecule has 0 bridgehead atoms. The molecule has 1 aromatic carbocycles. The number of ether oxygens (including phenoxy) is 3. The lowest BCUT2D eigenvalue weighted by Crippen LogP contribution is -2.47. The SMILES string of the molecule is C=CC(O)N[C@H]1COC[C@H]1Nc1ncc2cc(-c3c(Cl)c(OC)cc(OC)c3Cl)nc(C)c2n1. The summed E-state index contributed by atoms with van der Waals surface area (Å²) in [6, 6.07) is 3.20. The van der Waals surface area contributed by atoms with Gasteiger partial charge >= 0.3 is 0 Å². The van der Waals surface area contributed by atoms with Crippen LogP contribution in [0.4, 0.5) is 5.95 Å². The molecule has 0 radical (unpaired) electrons. The molecule has 3 heterocycles. The number of aliphatic hydroxyl groups is 1. The van der Waals surface area contributed by atoms with Crippen LogP contribution in [0, 0.1) is 6.92 Å². The number of aryl methyl sites for hydroxylation is 1. The molecule has 11 heteroatoms. The van der Waals surface area contributed by atoms with Crippen molar-refractivity contribution in [3.05, 3.63) is 46.7 Å². The lowest BCUT2D eigenvalue weighted by Gasteiger charge is -2.22. The number of nitrogens with one attached hydrogen (secondary N) is 2. The van der Waals surface area contributed by atoms with E-state index in [0.29, 0.717) is 63.2 Å². The second kappa shape index (κ2) is 10.3. The lowest BCUT2D eigenvalue weighted by atomic mass is 10.1. The Bertz CT molecular complexity index is 1200. The normalized spacial score (nSPS) is 18.6. The molecule has 1 unspecified atom stereocenters. The first kappa shape index (κ1) is 24.4. The van der Waals surface area contributed by atoms with Crippen LogP contribution in [0.1, 0.15) is 5.69 Å². The molecule has 2 aromatic heterocycles. The number of methoxy groups -OCH3 is 2. The van der Waals surface area contributed by atoms with E-state index in [1.807, 2.05) is 13.0 Å². The Hall–Kier alpha value is -2.69. The van der Waals surface area contributed by atoms with Crippen LogP contribution in [0.15, 0.2) is 31.0 Å². The summed E-state index contributed by atoms with van der Waals surface area (Å²) < 4.78 is 16.3. The van der Waals surface area contributed by atoms with Crippen molar-refractivity contribution < 1.29 is 19.3 Å². The predicted octanol–water partition coefficient (Wildman–Crippen LogP) is 3.60. The third kappa shape index (κ3) is 4.75. The van der Waals surface area contributed by atoms with Gasteiger partial charge in [-0.25, -0.2) is 9.97 Å². The Morgan fingerprint density at radius 3 is 2.47 bits per heavy atom. The molecule has 34 heavy (non-hydrogen) atoms. The number of halogens is 2. The molecule has 3 atom stereocenters. The Kier molecular flexibility index (Phi) is 7.39. The van der Waals surface area contributed by atoms with Crippen LogP contribution in [0.3, 0.4) is 0 Å². The van der Waals surface area contributed by atoms with E-state index in [0.717, 1.165) is 5.39 Å². The van der Waals surface area contributed by atoms with Gasteiger partial charge < -0.3 is 24.6 Å². The Labute approximate surface area is 207 Å². The number of aromatic nitrogens is 3. The Morgan fingerprint density at radius 2 is 1.82 bits per heavy atom. The maximum atomic E-state index is 9.82. The van der Waals surface area contributed by atoms with E-state index in [1.165, 1.54) is 20.3 Å². The van der Waals surface area contributed by atoms with Gasteiger partial charge in [-0.1, -0.05) is 29.8 Å². The molecular weight excluding hydrogens is 481 g/mol. The first-order valence-electron chi connectivity index (χ1n) is 10.5. The summed E-state index contributed by atoms with van der Waals surface area (Å²) in [5.41, 5.74) is 2.40. The monoisotopic (exact) mass is 505 g/mol. The molecule has 0 amide bonds. The molecule has 9 nitrogen and oxygen atoms in total. The summed E-state index contributed by atoms with van der Waals surface area (Å²) in [7, 11) is 3.04. The van der Waals surface area contributed by atoms with E-state index in [-0.39, 0.29) is 12.1 Å². The average molecular weight is 506 g/mol. The van der Waals surface area contributed by atoms with E-state index in [2.05, 4.69) is 27.2 Å². The third-order valence-corrected chi connectivity index (χ3v) is 6.32. The minimum absolute atomic E-state index is 0.124. The van der Waals surface area contributed by atoms with Gasteiger partial charge in [0.15, 0.2) is 0 Å². The highest BCUT2D eigenvalue weighted by atomic mass is 35.5. The zero-order chi connectivity index (χ0) is 24.4. The van der Waals surface area contributed by atoms with Gasteiger partial charge in [0.1, 0.15) is 17.7 Å². The second-order valence-corrected chi connectivity index (χ2v) is 8.51. The van der Waals surface area contributed by atoms with Gasteiger partial charge in [0, 0.05) is 23.2 Å². The number of pyridine rings is 1. The van der Waals surface area contributed by atoms with E-state index in [9.17, 15) is 5.11 Å². The van der Waals surface area contributed by atoms with Crippen LogP contribution < -0.4 is 20.1 Å². The van der Waals surface area contributed by atoms with Crippen LogP contribution >= 0.6 is 23.2 Å². The number of benzene rings is 1. The van der Waals surface area contributed by atoms with Crippen LogP contribution in [0.25, 0.3) is 22.2 Å². The number of nitrogens with zero attached hydrogens (tertiary/aromatic N) is 3. The summed E-state index contributed by atoms with van der Waals surface area (Å²) >= 11 is 13.1. The topological polar surface area (TPSA) is 111 Å². The van der Waals surface area contributed by atoms with Crippen LogP contribution in [-0.2, 0) is 4.74 Å². The lowest BCUT2D eigenvalue weighted by molar-refractivity contribution is 0.149. The van der Waals surface area contributed by atoms with Gasteiger partial charge in [0.2, 0.25) is 5.95 Å². The number of hydrogen-bond acceptors (Lipinski definition) is 9. The Balaban J connectivity index is 1.68. The zero-order valence-electron chi connectivity index (χ0n) is 18.9. The fourth-order valence-electron chi connectivity index (χ4n) is 3.82. The highest BCUT2D eigenvalue weighted by Gasteiger charge is 2.30. The molecular formula is C23H25Cl2N5O4. The van der Waals surface area contributed by atoms with Gasteiger partial charge in [-0.2, -0.15) is 0 Å². The second-order valence-electron chi connectivity index (χ2n) is 7.75. The molecule has 1 fully saturated rings. The summed E-state index contributed by atoms with van der Waals surface area (Å²) in [6.07, 6.45) is 2.30. The molecule has 0 spiro atoms. The highest BCUT2D eigenvalue weighted by Crippen LogP contribution is 2.45. The van der Waals surface area contributed by atoms with Gasteiger partial charge in [-0.15, -0.1) is 0 Å². The van der Waals surface area contributed by atoms with Gasteiger partial charge in [-0.05, 0) is 19.1 Å². The minimum Gasteiger partial charge on any atom is -0.495 e. The number of rotatable bonds is 8. The maximum Gasteiger partial charge on any atom is 0.223 e. The Morgan fingerprint density at radius 1 is 1.15 bits per heavy atom. The van der Waals surface area contributed by atoms with Crippen molar-refractivity contribution >= 4 is 40.1 Å². The molecule has 4 rings (SSSR count). The van der Waals surface area contributed by atoms with Gasteiger partial charge in [-0.3, -0.25) is 10.3 Å². The van der Waals surface area contributed by atoms with E-state index >= 15 is 0 Å². The zero-order valence-corrected chi connectivity index (χ0v) is 20.4. The smallest absolute Gasteiger partial charge is 0.223 e. The molecule has 1 aliphatic heterocycles. The summed E-state index contributed by atoms with van der Waals surface area (Å²) in [4.78, 5) is 13.8. The van der Waals surface area contributed by atoms with Crippen LogP contribution in [0.2, 0.25) is 10.0 Å². The van der Waals surface area contributed by atoms with Crippen molar-refractivity contribution in [2.75, 3.05) is 32.8 Å². The third-order valence-electron chi connectivity index (χ3n) is 5.57. The average Bonchev–Trinajstić information content (AvgIpc) is 3.26. The quantitative estimate of drug-likeness (QED) is 0.312. The summed E-state index contributed by atoms with van der Waals surface area (Å²) in [5.74, 6) is 1.29. The van der Waals surface area contributed by atoms with Crippen molar-refractivity contribution in [2.24, 2.45) is 0 Å². The van der Waals surface area contributed by atoms with Crippen molar-refractivity contribution in [3.63, 3.8) is 0 Å². The number of hydrogen-bond donors (Lipinski definition) is 3. The molecule has 180 valence electrons. The number of fused-ring (bicyclic) bond motifs is 1. The van der Waals surface area contributed by atoms with E-state index < -0.39 is 6.23 Å². The molecule has 0 saturated carbocycles. The highest BCUT2D eigenvalue weighted by molar-refractivity contribution is 6.41. The van der Waals surface area contributed by atoms with Crippen LogP contribution in [-0.4, -0.2) is 65.8 Å².